The summed E-state index contributed by atoms with van der Waals surface area (Å²) in [4.78, 5) is 12.7. The van der Waals surface area contributed by atoms with Gasteiger partial charge in [0.1, 0.15) is 23.9 Å². The minimum atomic E-state index is -2.97. The van der Waals surface area contributed by atoms with Crippen LogP contribution in [0.4, 0.5) is 18.9 Å². The average Bonchev–Trinajstić information content (AvgIpc) is 3.37. The first-order valence-corrected chi connectivity index (χ1v) is 14.0. The molecule has 0 bridgehead atoms. The van der Waals surface area contributed by atoms with Crippen LogP contribution in [0.15, 0.2) is 74.9 Å². The summed E-state index contributed by atoms with van der Waals surface area (Å²) in [5.41, 5.74) is 2.23. The summed E-state index contributed by atoms with van der Waals surface area (Å²) in [6, 6.07) is 15.8. The van der Waals surface area contributed by atoms with Gasteiger partial charge in [0, 0.05) is 5.56 Å². The van der Waals surface area contributed by atoms with Gasteiger partial charge in [0.2, 0.25) is 0 Å². The second kappa shape index (κ2) is 14.1. The maximum absolute atomic E-state index is 14.3. The second-order valence-corrected chi connectivity index (χ2v) is 10.4. The van der Waals surface area contributed by atoms with Gasteiger partial charge < -0.3 is 14.2 Å². The third kappa shape index (κ3) is 7.74. The normalized spacial score (nSPS) is 13.5. The first-order valence-electron chi connectivity index (χ1n) is 12.5. The van der Waals surface area contributed by atoms with E-state index in [1.54, 1.807) is 60.6 Å². The van der Waals surface area contributed by atoms with Crippen molar-refractivity contribution in [3.8, 4) is 17.5 Å². The Labute approximate surface area is 246 Å². The number of halogens is 4. The van der Waals surface area contributed by atoms with E-state index >= 15 is 0 Å². The Bertz CT molecular complexity index is 1620. The number of rotatable bonds is 8. The van der Waals surface area contributed by atoms with Crippen molar-refractivity contribution in [2.24, 2.45) is 0 Å². The number of hydrogen-bond acceptors (Lipinski definition) is 7. The average molecular weight is 624 g/mol. The van der Waals surface area contributed by atoms with Gasteiger partial charge in [-0.05, 0) is 72.6 Å². The molecule has 222 valence electrons. The molecule has 1 N–H and O–H groups in total. The smallest absolute Gasteiger partial charge is 0.441 e. The predicted octanol–water partition coefficient (Wildman–Crippen LogP) is 6.32. The van der Waals surface area contributed by atoms with Crippen molar-refractivity contribution in [2.75, 3.05) is 24.1 Å². The van der Waals surface area contributed by atoms with Crippen LogP contribution >= 0.6 is 11.6 Å². The zero-order chi connectivity index (χ0) is 30.2. The van der Waals surface area contributed by atoms with Crippen LogP contribution in [-0.4, -0.2) is 40.7 Å². The molecular weight excluding hydrogens is 599 g/mol. The molecule has 0 radical (unpaired) electrons. The third-order valence-corrected chi connectivity index (χ3v) is 7.43. The van der Waals surface area contributed by atoms with E-state index in [-0.39, 0.29) is 11.8 Å². The molecule has 1 aliphatic heterocycles. The summed E-state index contributed by atoms with van der Waals surface area (Å²) >= 11 is 6.18. The fraction of sp³-hybridized carbons (Fsp3) is 0.214. The van der Waals surface area contributed by atoms with Crippen molar-refractivity contribution in [3.63, 3.8) is 0 Å². The molecule has 0 saturated carbocycles. The number of fused-ring (bicyclic) bond motifs is 1. The predicted molar refractivity (Wildman–Crippen MR) is 152 cm³/mol. The first kappa shape index (κ1) is 30.7. The van der Waals surface area contributed by atoms with E-state index in [0.717, 1.165) is 5.56 Å². The Morgan fingerprint density at radius 2 is 2.00 bits per heavy atom. The molecule has 14 heteroatoms. The molecule has 1 aromatic heterocycles. The highest BCUT2D eigenvalue weighted by atomic mass is 35.5. The summed E-state index contributed by atoms with van der Waals surface area (Å²) in [6.07, 6.45) is 1.78. The van der Waals surface area contributed by atoms with Crippen molar-refractivity contribution in [1.82, 2.24) is 10.1 Å². The molecule has 3 aromatic carbocycles. The molecule has 5 rings (SSSR count). The lowest BCUT2D eigenvalue weighted by Crippen LogP contribution is -2.34. The summed E-state index contributed by atoms with van der Waals surface area (Å²) in [6.45, 7) is 1.66. The van der Waals surface area contributed by atoms with Crippen LogP contribution in [0.2, 0.25) is 5.02 Å². The molecular formula is C28H25ClF3N3O6S. The van der Waals surface area contributed by atoms with E-state index in [2.05, 4.69) is 19.4 Å². The van der Waals surface area contributed by atoms with E-state index < -0.39 is 29.2 Å². The number of nitrogens with zero attached hydrogens (tertiary/aromatic N) is 2. The van der Waals surface area contributed by atoms with Crippen LogP contribution in [0, 0.1) is 5.82 Å². The van der Waals surface area contributed by atoms with Crippen molar-refractivity contribution in [3.05, 3.63) is 93.2 Å². The highest BCUT2D eigenvalue weighted by Crippen LogP contribution is 2.37. The number of anilines is 1. The summed E-state index contributed by atoms with van der Waals surface area (Å²) in [7, 11) is -1.69. The monoisotopic (exact) mass is 623 g/mol. The minimum absolute atomic E-state index is 0.0709. The number of H-pyrrole nitrogens is 1. The number of aromatic nitrogens is 2. The number of nitrogens with one attached hydrogen (secondary N) is 1. The summed E-state index contributed by atoms with van der Waals surface area (Å²) in [5.74, 6) is -0.559. The molecule has 0 saturated heterocycles. The van der Waals surface area contributed by atoms with Gasteiger partial charge in [0.05, 0.1) is 28.8 Å². The van der Waals surface area contributed by atoms with Crippen molar-refractivity contribution < 1.29 is 36.1 Å². The number of aromatic amines is 1. The van der Waals surface area contributed by atoms with E-state index in [1.807, 2.05) is 0 Å². The lowest BCUT2D eigenvalue weighted by Gasteiger charge is -2.30. The largest absolute Gasteiger partial charge is 0.489 e. The number of ether oxygens (including phenoxy) is 3. The molecule has 0 fully saturated rings. The Morgan fingerprint density at radius 1 is 1.21 bits per heavy atom. The van der Waals surface area contributed by atoms with Gasteiger partial charge in [-0.25, -0.2) is 18.4 Å². The second-order valence-electron chi connectivity index (χ2n) is 8.54. The Balaban J connectivity index is 0.000000385. The molecule has 0 spiro atoms. The summed E-state index contributed by atoms with van der Waals surface area (Å²) in [5, 5.41) is 3.54. The lowest BCUT2D eigenvalue weighted by molar-refractivity contribution is -0.0499. The molecule has 1 atom stereocenters. The highest BCUT2D eigenvalue weighted by molar-refractivity contribution is 7.86. The van der Waals surface area contributed by atoms with Crippen molar-refractivity contribution in [1.29, 1.82) is 0 Å². The minimum Gasteiger partial charge on any atom is -0.489 e. The zero-order valence-electron chi connectivity index (χ0n) is 22.3. The maximum Gasteiger partial charge on any atom is 0.441 e. The van der Waals surface area contributed by atoms with Gasteiger partial charge in [-0.1, -0.05) is 35.9 Å². The van der Waals surface area contributed by atoms with Crippen LogP contribution < -0.4 is 24.3 Å². The third-order valence-electron chi connectivity index (χ3n) is 5.68. The van der Waals surface area contributed by atoms with Crippen LogP contribution in [0.3, 0.4) is 0 Å². The zero-order valence-corrected chi connectivity index (χ0v) is 23.9. The molecule has 1 aliphatic rings. The maximum atomic E-state index is 14.3. The van der Waals surface area contributed by atoms with Crippen LogP contribution in [0.25, 0.3) is 11.6 Å². The van der Waals surface area contributed by atoms with Gasteiger partial charge in [-0.2, -0.15) is 8.78 Å². The lowest BCUT2D eigenvalue weighted by atomic mass is 10.0. The molecule has 1 unspecified atom stereocenters. The van der Waals surface area contributed by atoms with E-state index in [0.29, 0.717) is 52.3 Å². The first-order chi connectivity index (χ1) is 20.2. The molecule has 2 heterocycles. The summed E-state index contributed by atoms with van der Waals surface area (Å²) < 4.78 is 73.4. The Hall–Kier alpha value is -4.23. The number of benzene rings is 3. The van der Waals surface area contributed by atoms with Gasteiger partial charge in [-0.3, -0.25) is 8.83 Å². The van der Waals surface area contributed by atoms with Gasteiger partial charge in [0.15, 0.2) is 11.0 Å². The van der Waals surface area contributed by atoms with Crippen LogP contribution in [-0.2, 0) is 11.0 Å². The molecule has 0 amide bonds. The highest BCUT2D eigenvalue weighted by Gasteiger charge is 2.25. The SMILES string of the molecule is C/C(=C\c1ccc2c(c1)N(S(=O)c1cccc(OC(F)F)c1)CCO2)c1c(F)cccc1Cl.CCOc1noc(=O)[nH]1. The van der Waals surface area contributed by atoms with Gasteiger partial charge in [-0.15, -0.1) is 0 Å². The standard InChI is InChI=1S/C24H19ClF3NO3S.C4H6N2O3/c1-15(23-19(25)6-3-7-20(23)26)12-16-8-9-22-21(13-16)29(10-11-31-22)33(30)18-5-2-4-17(14-18)32-24(27)28;1-2-8-3-5-4(7)9-6-3/h2-9,12-14,24H,10-11H2,1H3;2H2,1H3,(H,5,6,7)/b15-12+;. The number of alkyl halides is 2. The van der Waals surface area contributed by atoms with Crippen molar-refractivity contribution >= 4 is 39.9 Å². The van der Waals surface area contributed by atoms with Gasteiger partial charge in [0.25, 0.3) is 0 Å². The van der Waals surface area contributed by atoms with Crippen molar-refractivity contribution in [2.45, 2.75) is 25.4 Å². The van der Waals surface area contributed by atoms with E-state index in [9.17, 15) is 22.2 Å². The van der Waals surface area contributed by atoms with Crippen LogP contribution in [0.1, 0.15) is 25.0 Å². The molecule has 4 aromatic rings. The van der Waals surface area contributed by atoms with Gasteiger partial charge >= 0.3 is 18.4 Å². The van der Waals surface area contributed by atoms with E-state index in [4.69, 9.17) is 21.1 Å². The topological polar surface area (TPSA) is 107 Å². The number of hydrogen-bond donors (Lipinski definition) is 1. The Morgan fingerprint density at radius 3 is 2.69 bits per heavy atom. The number of allylic oxidation sites excluding steroid dienone is 1. The molecule has 42 heavy (non-hydrogen) atoms. The van der Waals surface area contributed by atoms with Crippen LogP contribution in [0.5, 0.6) is 17.5 Å². The quantitative estimate of drug-likeness (QED) is 0.229. The molecule has 0 aliphatic carbocycles. The Kier molecular flexibility index (Phi) is 10.3. The molecule has 9 nitrogen and oxygen atoms in total. The fourth-order valence-electron chi connectivity index (χ4n) is 3.97. The fourth-order valence-corrected chi connectivity index (χ4v) is 5.51. The van der Waals surface area contributed by atoms with E-state index in [1.165, 1.54) is 24.3 Å².